The number of alkyl carbamates (subject to hydrolysis) is 1. The number of methoxy groups -OCH3 is 2. The van der Waals surface area contributed by atoms with E-state index in [0.29, 0.717) is 18.8 Å². The number of benzene rings is 1. The summed E-state index contributed by atoms with van der Waals surface area (Å²) in [5.41, 5.74) is 1.17. The Morgan fingerprint density at radius 3 is 2.52 bits per heavy atom. The predicted molar refractivity (Wildman–Crippen MR) is 99.0 cm³/mol. The minimum absolute atomic E-state index is 0.350. The molecule has 140 valence electrons. The highest BCUT2D eigenvalue weighted by Gasteiger charge is 2.21. The van der Waals surface area contributed by atoms with E-state index in [2.05, 4.69) is 5.32 Å². The van der Waals surface area contributed by atoms with Crippen LogP contribution in [-0.4, -0.2) is 44.7 Å². The molecule has 0 aliphatic carbocycles. The Labute approximate surface area is 153 Å². The summed E-state index contributed by atoms with van der Waals surface area (Å²) in [4.78, 5) is 23.5. The van der Waals surface area contributed by atoms with Crippen LogP contribution in [0, 0.1) is 0 Å². The van der Waals surface area contributed by atoms with Crippen molar-refractivity contribution in [3.8, 4) is 5.75 Å². The number of thioether (sulfide) groups is 1. The van der Waals surface area contributed by atoms with Gasteiger partial charge in [-0.3, -0.25) is 0 Å². The highest BCUT2D eigenvalue weighted by molar-refractivity contribution is 7.98. The zero-order valence-corrected chi connectivity index (χ0v) is 15.9. The second kappa shape index (κ2) is 12.5. The summed E-state index contributed by atoms with van der Waals surface area (Å²) >= 11 is 1.68. The summed E-state index contributed by atoms with van der Waals surface area (Å²) in [6.07, 6.45) is 1.64. The van der Waals surface area contributed by atoms with Crippen LogP contribution < -0.4 is 10.1 Å². The van der Waals surface area contributed by atoms with Crippen LogP contribution in [0.4, 0.5) is 4.79 Å². The summed E-state index contributed by atoms with van der Waals surface area (Å²) in [6, 6.07) is 7.16. The molecule has 0 radical (unpaired) electrons. The van der Waals surface area contributed by atoms with Gasteiger partial charge in [0.05, 0.1) is 20.8 Å². The number of unbranched alkanes of at least 4 members (excludes halogenated alkanes) is 1. The Hall–Kier alpha value is -1.89. The zero-order chi connectivity index (χ0) is 18.5. The fraction of sp³-hybridized carbons (Fsp3) is 0.556. The molecule has 0 aromatic heterocycles. The molecule has 25 heavy (non-hydrogen) atoms. The van der Waals surface area contributed by atoms with Gasteiger partial charge in [-0.05, 0) is 36.3 Å². The van der Waals surface area contributed by atoms with Gasteiger partial charge >= 0.3 is 12.1 Å². The molecule has 1 aromatic carbocycles. The number of nitrogens with one attached hydrogen (secondary N) is 1. The fourth-order valence-corrected chi connectivity index (χ4v) is 2.97. The van der Waals surface area contributed by atoms with Crippen LogP contribution in [0.25, 0.3) is 0 Å². The lowest BCUT2D eigenvalue weighted by Gasteiger charge is -2.16. The number of carbonyl (C=O) groups excluding carboxylic acids is 2. The maximum absolute atomic E-state index is 11.8. The van der Waals surface area contributed by atoms with Crippen molar-refractivity contribution < 1.29 is 23.8 Å². The summed E-state index contributed by atoms with van der Waals surface area (Å²) in [5.74, 6) is 1.89. The van der Waals surface area contributed by atoms with Crippen molar-refractivity contribution >= 4 is 23.8 Å². The van der Waals surface area contributed by atoms with Crippen molar-refractivity contribution in [2.75, 3.05) is 26.6 Å². The second-order valence-corrected chi connectivity index (χ2v) is 6.50. The third kappa shape index (κ3) is 8.67. The highest BCUT2D eigenvalue weighted by Crippen LogP contribution is 2.17. The number of amides is 1. The van der Waals surface area contributed by atoms with Crippen LogP contribution >= 0.6 is 11.8 Å². The van der Waals surface area contributed by atoms with Crippen LogP contribution in [-0.2, 0) is 20.0 Å². The molecule has 0 fully saturated rings. The molecule has 1 atom stereocenters. The lowest BCUT2D eigenvalue weighted by molar-refractivity contribution is -0.143. The first-order valence-corrected chi connectivity index (χ1v) is 9.48. The van der Waals surface area contributed by atoms with Crippen molar-refractivity contribution in [3.63, 3.8) is 0 Å². The fourth-order valence-electron chi connectivity index (χ4n) is 2.00. The number of hydrogen-bond acceptors (Lipinski definition) is 6. The van der Waals surface area contributed by atoms with E-state index >= 15 is 0 Å². The molecule has 0 saturated heterocycles. The van der Waals surface area contributed by atoms with Gasteiger partial charge in [-0.1, -0.05) is 25.5 Å². The van der Waals surface area contributed by atoms with Crippen molar-refractivity contribution in [2.24, 2.45) is 0 Å². The van der Waals surface area contributed by atoms with Crippen LogP contribution in [0.3, 0.4) is 0 Å². The molecule has 7 heteroatoms. The normalized spacial score (nSPS) is 11.5. The average molecular weight is 369 g/mol. The number of esters is 1. The van der Waals surface area contributed by atoms with Crippen molar-refractivity contribution in [3.05, 3.63) is 29.8 Å². The minimum Gasteiger partial charge on any atom is -0.497 e. The lowest BCUT2D eigenvalue weighted by atomic mass is 10.2. The lowest BCUT2D eigenvalue weighted by Crippen LogP contribution is -2.42. The van der Waals surface area contributed by atoms with Gasteiger partial charge in [-0.15, -0.1) is 0 Å². The molecule has 0 heterocycles. The van der Waals surface area contributed by atoms with E-state index in [4.69, 9.17) is 14.2 Å². The monoisotopic (exact) mass is 369 g/mol. The van der Waals surface area contributed by atoms with Gasteiger partial charge in [0.15, 0.2) is 0 Å². The molecule has 1 unspecified atom stereocenters. The van der Waals surface area contributed by atoms with Crippen LogP contribution in [0.5, 0.6) is 5.75 Å². The maximum atomic E-state index is 11.8. The molecular weight excluding hydrogens is 342 g/mol. The number of ether oxygens (including phenoxy) is 3. The third-order valence-electron chi connectivity index (χ3n) is 3.49. The number of rotatable bonds is 11. The van der Waals surface area contributed by atoms with Gasteiger partial charge in [0.1, 0.15) is 11.8 Å². The molecule has 1 aromatic rings. The highest BCUT2D eigenvalue weighted by atomic mass is 32.2. The van der Waals surface area contributed by atoms with Crippen LogP contribution in [0.2, 0.25) is 0 Å². The SMILES string of the molecule is CCCCOC(=O)NC(CCSCc1ccc(OC)cc1)C(=O)OC. The van der Waals surface area contributed by atoms with E-state index in [0.717, 1.165) is 24.3 Å². The first-order chi connectivity index (χ1) is 12.1. The molecule has 1 rings (SSSR count). The Balaban J connectivity index is 2.36. The molecule has 0 aliphatic heterocycles. The van der Waals surface area contributed by atoms with Gasteiger partial charge in [0.25, 0.3) is 0 Å². The average Bonchev–Trinajstić information content (AvgIpc) is 2.64. The van der Waals surface area contributed by atoms with E-state index in [1.165, 1.54) is 12.7 Å². The van der Waals surface area contributed by atoms with E-state index in [-0.39, 0.29) is 0 Å². The second-order valence-electron chi connectivity index (χ2n) is 5.40. The Morgan fingerprint density at radius 2 is 1.92 bits per heavy atom. The quantitative estimate of drug-likeness (QED) is 0.476. The van der Waals surface area contributed by atoms with Crippen LogP contribution in [0.15, 0.2) is 24.3 Å². The van der Waals surface area contributed by atoms with Gasteiger partial charge in [0, 0.05) is 5.75 Å². The molecule has 6 nitrogen and oxygen atoms in total. The molecule has 0 bridgehead atoms. The first-order valence-electron chi connectivity index (χ1n) is 8.32. The van der Waals surface area contributed by atoms with E-state index in [9.17, 15) is 9.59 Å². The first kappa shape index (κ1) is 21.2. The van der Waals surface area contributed by atoms with Gasteiger partial charge < -0.3 is 19.5 Å². The Bertz CT molecular complexity index is 521. The summed E-state index contributed by atoms with van der Waals surface area (Å²) in [6.45, 7) is 2.36. The maximum Gasteiger partial charge on any atom is 0.407 e. The zero-order valence-electron chi connectivity index (χ0n) is 15.1. The van der Waals surface area contributed by atoms with E-state index in [1.807, 2.05) is 31.2 Å². The molecule has 0 aliphatic rings. The number of carbonyl (C=O) groups is 2. The van der Waals surface area contributed by atoms with Gasteiger partial charge in [0.2, 0.25) is 0 Å². The van der Waals surface area contributed by atoms with Gasteiger partial charge in [-0.2, -0.15) is 11.8 Å². The van der Waals surface area contributed by atoms with E-state index < -0.39 is 18.1 Å². The Morgan fingerprint density at radius 1 is 1.20 bits per heavy atom. The van der Waals surface area contributed by atoms with Crippen molar-refractivity contribution in [1.29, 1.82) is 0 Å². The largest absolute Gasteiger partial charge is 0.497 e. The third-order valence-corrected chi connectivity index (χ3v) is 4.55. The topological polar surface area (TPSA) is 73.9 Å². The predicted octanol–water partition coefficient (Wildman–Crippen LogP) is 3.39. The van der Waals surface area contributed by atoms with Crippen molar-refractivity contribution in [1.82, 2.24) is 5.32 Å². The molecule has 1 amide bonds. The molecular formula is C18H27NO5S. The standard InChI is InChI=1S/C18H27NO5S/c1-4-5-11-24-18(21)19-16(17(20)23-3)10-12-25-13-14-6-8-15(22-2)9-7-14/h6-9,16H,4-5,10-13H2,1-3H3,(H,19,21). The van der Waals surface area contributed by atoms with Gasteiger partial charge in [-0.25, -0.2) is 9.59 Å². The van der Waals surface area contributed by atoms with Crippen LogP contribution in [0.1, 0.15) is 31.7 Å². The molecule has 0 saturated carbocycles. The molecule has 1 N–H and O–H groups in total. The summed E-state index contributed by atoms with van der Waals surface area (Å²) < 4.78 is 14.9. The minimum atomic E-state index is -0.692. The number of hydrogen-bond donors (Lipinski definition) is 1. The Kier molecular flexibility index (Phi) is 10.6. The summed E-state index contributed by atoms with van der Waals surface area (Å²) in [7, 11) is 2.95. The summed E-state index contributed by atoms with van der Waals surface area (Å²) in [5, 5.41) is 2.57. The van der Waals surface area contributed by atoms with E-state index in [1.54, 1.807) is 18.9 Å². The molecule has 0 spiro atoms. The smallest absolute Gasteiger partial charge is 0.407 e. The van der Waals surface area contributed by atoms with Crippen molar-refractivity contribution in [2.45, 2.75) is 38.0 Å².